The van der Waals surface area contributed by atoms with E-state index in [0.29, 0.717) is 5.76 Å². The molecule has 0 aromatic carbocycles. The van der Waals surface area contributed by atoms with E-state index in [-0.39, 0.29) is 19.7 Å². The van der Waals surface area contributed by atoms with Crippen molar-refractivity contribution >= 4 is 0 Å². The van der Waals surface area contributed by atoms with Gasteiger partial charge in [0.2, 0.25) is 0 Å². The summed E-state index contributed by atoms with van der Waals surface area (Å²) >= 11 is 0. The number of halogens is 2. The first kappa shape index (κ1) is 13.1. The SMILES string of the molecule is NCC(c1ccco1)N(CCO)CC(F)F. The quantitative estimate of drug-likeness (QED) is 0.733. The van der Waals surface area contributed by atoms with Crippen LogP contribution in [0.15, 0.2) is 22.8 Å². The Morgan fingerprint density at radius 3 is 2.69 bits per heavy atom. The number of aliphatic hydroxyl groups excluding tert-OH is 1. The zero-order valence-electron chi connectivity index (χ0n) is 8.85. The van der Waals surface area contributed by atoms with E-state index >= 15 is 0 Å². The molecule has 0 aliphatic carbocycles. The smallest absolute Gasteiger partial charge is 0.251 e. The van der Waals surface area contributed by atoms with Crippen LogP contribution >= 0.6 is 0 Å². The van der Waals surface area contributed by atoms with E-state index in [2.05, 4.69) is 0 Å². The molecule has 0 aliphatic rings. The minimum absolute atomic E-state index is 0.146. The molecule has 4 nitrogen and oxygen atoms in total. The first-order valence-corrected chi connectivity index (χ1v) is 5.05. The Morgan fingerprint density at radius 2 is 2.25 bits per heavy atom. The van der Waals surface area contributed by atoms with Crippen molar-refractivity contribution in [3.63, 3.8) is 0 Å². The highest BCUT2D eigenvalue weighted by molar-refractivity contribution is 5.05. The minimum Gasteiger partial charge on any atom is -0.468 e. The molecule has 92 valence electrons. The van der Waals surface area contributed by atoms with E-state index in [9.17, 15) is 8.78 Å². The van der Waals surface area contributed by atoms with Crippen molar-refractivity contribution in [3.8, 4) is 0 Å². The number of hydrogen-bond acceptors (Lipinski definition) is 4. The maximum Gasteiger partial charge on any atom is 0.251 e. The van der Waals surface area contributed by atoms with Crippen LogP contribution in [0.3, 0.4) is 0 Å². The van der Waals surface area contributed by atoms with Crippen LogP contribution in [-0.4, -0.2) is 42.7 Å². The lowest BCUT2D eigenvalue weighted by atomic mass is 10.2. The predicted octanol–water partition coefficient (Wildman–Crippen LogP) is 0.839. The highest BCUT2D eigenvalue weighted by atomic mass is 19.3. The summed E-state index contributed by atoms with van der Waals surface area (Å²) in [5, 5.41) is 8.83. The third kappa shape index (κ3) is 3.55. The highest BCUT2D eigenvalue weighted by Gasteiger charge is 2.23. The van der Waals surface area contributed by atoms with Gasteiger partial charge in [0.15, 0.2) is 0 Å². The van der Waals surface area contributed by atoms with Crippen LogP contribution in [0.1, 0.15) is 11.8 Å². The molecule has 1 aromatic rings. The zero-order chi connectivity index (χ0) is 12.0. The number of hydrogen-bond donors (Lipinski definition) is 2. The Labute approximate surface area is 92.6 Å². The summed E-state index contributed by atoms with van der Waals surface area (Å²) in [6, 6.07) is 2.95. The molecular weight excluding hydrogens is 218 g/mol. The van der Waals surface area contributed by atoms with E-state index in [1.807, 2.05) is 0 Å². The fourth-order valence-corrected chi connectivity index (χ4v) is 1.61. The Bertz CT molecular complexity index is 280. The number of nitrogens with two attached hydrogens (primary N) is 1. The van der Waals surface area contributed by atoms with Crippen molar-refractivity contribution in [1.29, 1.82) is 0 Å². The molecule has 3 N–H and O–H groups in total. The van der Waals surface area contributed by atoms with Crippen molar-refractivity contribution in [1.82, 2.24) is 4.90 Å². The van der Waals surface area contributed by atoms with Crippen LogP contribution in [0.4, 0.5) is 8.78 Å². The molecular formula is C10H16F2N2O2. The number of alkyl halides is 2. The lowest BCUT2D eigenvalue weighted by Gasteiger charge is -2.28. The molecule has 16 heavy (non-hydrogen) atoms. The fourth-order valence-electron chi connectivity index (χ4n) is 1.61. The molecule has 0 saturated carbocycles. The van der Waals surface area contributed by atoms with Crippen molar-refractivity contribution in [2.75, 3.05) is 26.2 Å². The summed E-state index contributed by atoms with van der Waals surface area (Å²) in [4.78, 5) is 1.42. The standard InChI is InChI=1S/C10H16F2N2O2/c11-10(12)7-14(3-4-15)8(6-13)9-2-1-5-16-9/h1-2,5,8,10,15H,3-4,6-7,13H2. The molecule has 1 rings (SSSR count). The Morgan fingerprint density at radius 1 is 1.50 bits per heavy atom. The van der Waals surface area contributed by atoms with Crippen LogP contribution in [0.25, 0.3) is 0 Å². The van der Waals surface area contributed by atoms with Gasteiger partial charge in [-0.05, 0) is 12.1 Å². The van der Waals surface area contributed by atoms with Crippen LogP contribution in [0.2, 0.25) is 0 Å². The molecule has 0 saturated heterocycles. The summed E-state index contributed by atoms with van der Waals surface area (Å²) < 4.78 is 29.9. The van der Waals surface area contributed by atoms with Crippen molar-refractivity contribution in [3.05, 3.63) is 24.2 Å². The summed E-state index contributed by atoms with van der Waals surface area (Å²) in [7, 11) is 0. The normalized spacial score (nSPS) is 13.6. The molecule has 1 unspecified atom stereocenters. The average Bonchev–Trinajstić information content (AvgIpc) is 2.71. The Hall–Kier alpha value is -0.980. The van der Waals surface area contributed by atoms with Gasteiger partial charge in [0, 0.05) is 13.1 Å². The van der Waals surface area contributed by atoms with Crippen LogP contribution < -0.4 is 5.73 Å². The molecule has 0 fully saturated rings. The lowest BCUT2D eigenvalue weighted by molar-refractivity contribution is 0.0508. The number of aliphatic hydroxyl groups is 1. The van der Waals surface area contributed by atoms with Crippen LogP contribution in [0, 0.1) is 0 Å². The van der Waals surface area contributed by atoms with Crippen molar-refractivity contribution < 1.29 is 18.3 Å². The van der Waals surface area contributed by atoms with Gasteiger partial charge in [0.1, 0.15) is 5.76 Å². The number of furan rings is 1. The number of rotatable bonds is 7. The molecule has 6 heteroatoms. The minimum atomic E-state index is -2.46. The summed E-state index contributed by atoms with van der Waals surface area (Å²) in [5.41, 5.74) is 5.54. The second kappa shape index (κ2) is 6.57. The fraction of sp³-hybridized carbons (Fsp3) is 0.600. The zero-order valence-corrected chi connectivity index (χ0v) is 8.85. The molecule has 0 bridgehead atoms. The van der Waals surface area contributed by atoms with Crippen molar-refractivity contribution in [2.24, 2.45) is 5.73 Å². The van der Waals surface area contributed by atoms with Crippen LogP contribution in [0.5, 0.6) is 0 Å². The molecule has 1 heterocycles. The largest absolute Gasteiger partial charge is 0.468 e. The van der Waals surface area contributed by atoms with Gasteiger partial charge in [-0.1, -0.05) is 0 Å². The van der Waals surface area contributed by atoms with Crippen molar-refractivity contribution in [2.45, 2.75) is 12.5 Å². The van der Waals surface area contributed by atoms with Gasteiger partial charge in [-0.3, -0.25) is 4.90 Å². The van der Waals surface area contributed by atoms with E-state index < -0.39 is 19.0 Å². The summed E-state index contributed by atoms with van der Waals surface area (Å²) in [6.45, 7) is -0.305. The van der Waals surface area contributed by atoms with Gasteiger partial charge in [-0.2, -0.15) is 0 Å². The summed E-state index contributed by atoms with van der Waals surface area (Å²) in [6.07, 6.45) is -0.993. The molecule has 0 amide bonds. The first-order valence-electron chi connectivity index (χ1n) is 5.05. The van der Waals surface area contributed by atoms with Gasteiger partial charge in [-0.15, -0.1) is 0 Å². The van der Waals surface area contributed by atoms with Gasteiger partial charge in [0.25, 0.3) is 6.43 Å². The molecule has 0 spiro atoms. The van der Waals surface area contributed by atoms with Gasteiger partial charge < -0.3 is 15.3 Å². The molecule has 1 atom stereocenters. The highest BCUT2D eigenvalue weighted by Crippen LogP contribution is 2.20. The molecule has 1 aromatic heterocycles. The van der Waals surface area contributed by atoms with E-state index in [1.165, 1.54) is 11.2 Å². The van der Waals surface area contributed by atoms with Gasteiger partial charge >= 0.3 is 0 Å². The number of nitrogens with zero attached hydrogens (tertiary/aromatic N) is 1. The maximum absolute atomic E-state index is 12.4. The topological polar surface area (TPSA) is 62.6 Å². The first-order chi connectivity index (χ1) is 7.69. The van der Waals surface area contributed by atoms with Gasteiger partial charge in [-0.25, -0.2) is 8.78 Å². The Balaban J connectivity index is 2.73. The van der Waals surface area contributed by atoms with E-state index in [0.717, 1.165) is 0 Å². The van der Waals surface area contributed by atoms with E-state index in [4.69, 9.17) is 15.3 Å². The van der Waals surface area contributed by atoms with E-state index in [1.54, 1.807) is 12.1 Å². The second-order valence-electron chi connectivity index (χ2n) is 3.38. The second-order valence-corrected chi connectivity index (χ2v) is 3.38. The molecule has 0 aliphatic heterocycles. The maximum atomic E-state index is 12.4. The summed E-state index contributed by atoms with van der Waals surface area (Å²) in [5.74, 6) is 0.539. The predicted molar refractivity (Wildman–Crippen MR) is 55.2 cm³/mol. The lowest BCUT2D eigenvalue weighted by Crippen LogP contribution is -2.38. The van der Waals surface area contributed by atoms with Crippen LogP contribution in [-0.2, 0) is 0 Å². The third-order valence-electron chi connectivity index (χ3n) is 2.30. The monoisotopic (exact) mass is 234 g/mol. The van der Waals surface area contributed by atoms with Gasteiger partial charge in [0.05, 0.1) is 25.5 Å². The third-order valence-corrected chi connectivity index (χ3v) is 2.30. The average molecular weight is 234 g/mol. The Kier molecular flexibility index (Phi) is 5.37. The molecule has 0 radical (unpaired) electrons.